The summed E-state index contributed by atoms with van der Waals surface area (Å²) in [6.07, 6.45) is 1.56. The number of ether oxygens (including phenoxy) is 3. The topological polar surface area (TPSA) is 135 Å². The number of quaternary nitrogens is 1. The molecule has 0 spiro atoms. The first-order chi connectivity index (χ1) is 17.5. The van der Waals surface area contributed by atoms with Crippen LogP contribution in [0.15, 0.2) is 53.6 Å². The number of urea groups is 1. The molecule has 0 aliphatic carbocycles. The lowest BCUT2D eigenvalue weighted by Crippen LogP contribution is -2.63. The molecule has 2 heterocycles. The molecular weight excluding hydrogens is 522 g/mol. The molecule has 0 radical (unpaired) electrons. The highest BCUT2D eigenvalue weighted by Gasteiger charge is 2.67. The third kappa shape index (κ3) is 3.90. The normalized spacial score (nSPS) is 18.8. The zero-order valence-corrected chi connectivity index (χ0v) is 22.1. The number of benzene rings is 2. The Morgan fingerprint density at radius 2 is 1.84 bits per heavy atom. The molecule has 0 fully saturated rings. The Kier molecular flexibility index (Phi) is 6.89. The average Bonchev–Trinajstić information content (AvgIpc) is 3.13. The predicted molar refractivity (Wildman–Crippen MR) is 137 cm³/mol. The molecule has 37 heavy (non-hydrogen) atoms. The Balaban J connectivity index is 2.09. The van der Waals surface area contributed by atoms with Crippen LogP contribution >= 0.6 is 11.6 Å². The van der Waals surface area contributed by atoms with Crippen LogP contribution in [0.4, 0.5) is 10.5 Å². The summed E-state index contributed by atoms with van der Waals surface area (Å²) in [7, 11) is -2.23. The second-order valence-electron chi connectivity index (χ2n) is 8.25. The molecule has 3 aromatic rings. The Morgan fingerprint density at radius 3 is 2.46 bits per heavy atom. The van der Waals surface area contributed by atoms with Crippen molar-refractivity contribution in [1.82, 2.24) is 8.87 Å². The molecule has 1 aliphatic rings. The molecule has 10 nitrogen and oxygen atoms in total. The number of rotatable bonds is 7. The van der Waals surface area contributed by atoms with Crippen LogP contribution in [0.3, 0.4) is 0 Å². The molecule has 3 amide bonds. The predicted octanol–water partition coefficient (Wildman–Crippen LogP) is 3.91. The van der Waals surface area contributed by atoms with E-state index in [1.165, 1.54) is 50.6 Å². The number of imide groups is 1. The highest BCUT2D eigenvalue weighted by molar-refractivity contribution is 7.92. The van der Waals surface area contributed by atoms with Gasteiger partial charge in [-0.3, -0.25) is 0 Å². The van der Waals surface area contributed by atoms with Gasteiger partial charge in [0.2, 0.25) is 5.88 Å². The first-order valence-electron chi connectivity index (χ1n) is 11.1. The van der Waals surface area contributed by atoms with E-state index < -0.39 is 36.7 Å². The van der Waals surface area contributed by atoms with E-state index in [-0.39, 0.29) is 40.1 Å². The van der Waals surface area contributed by atoms with Crippen LogP contribution in [0.1, 0.15) is 29.5 Å². The van der Waals surface area contributed by atoms with Crippen molar-refractivity contribution in [2.24, 2.45) is 5.73 Å². The monoisotopic (exact) mass is 546 g/mol. The van der Waals surface area contributed by atoms with E-state index in [1.54, 1.807) is 26.1 Å². The maximum Gasteiger partial charge on any atom is 0.442 e. The molecule has 0 saturated carbocycles. The van der Waals surface area contributed by atoms with Gasteiger partial charge in [0.05, 0.1) is 20.8 Å². The van der Waals surface area contributed by atoms with Gasteiger partial charge in [-0.25, -0.2) is 14.6 Å². The van der Waals surface area contributed by atoms with E-state index in [2.05, 4.69) is 4.98 Å². The molecular formula is C25H25ClN3O7S+. The second-order valence-corrected chi connectivity index (χ2v) is 10.6. The summed E-state index contributed by atoms with van der Waals surface area (Å²) in [4.78, 5) is 31.4. The van der Waals surface area contributed by atoms with Crippen molar-refractivity contribution in [2.75, 3.05) is 20.8 Å². The summed E-state index contributed by atoms with van der Waals surface area (Å²) in [6, 6.07) is 8.32. The maximum atomic E-state index is 14.3. The number of sulfonamides is 1. The van der Waals surface area contributed by atoms with Gasteiger partial charge in [0.15, 0.2) is 10.6 Å². The molecule has 2 aromatic carbocycles. The van der Waals surface area contributed by atoms with Crippen molar-refractivity contribution in [3.05, 3.63) is 70.4 Å². The van der Waals surface area contributed by atoms with Gasteiger partial charge < -0.3 is 19.9 Å². The van der Waals surface area contributed by atoms with Crippen molar-refractivity contribution in [2.45, 2.75) is 24.7 Å². The van der Waals surface area contributed by atoms with Crippen molar-refractivity contribution in [1.29, 1.82) is 0 Å². The molecule has 1 aliphatic heterocycles. The fourth-order valence-electron chi connectivity index (χ4n) is 4.55. The highest BCUT2D eigenvalue weighted by atomic mass is 35.5. The molecule has 194 valence electrons. The number of carbonyl (C=O) groups excluding carboxylic acids is 2. The third-order valence-electron chi connectivity index (χ3n) is 6.12. The van der Waals surface area contributed by atoms with Gasteiger partial charge in [0.1, 0.15) is 17.4 Å². The number of halogens is 1. The number of carbonyl (C=O) groups is 2. The fraction of sp³-hybridized carbons (Fsp3) is 0.240. The Hall–Kier alpha value is -3.67. The van der Waals surface area contributed by atoms with Crippen molar-refractivity contribution < 1.29 is 32.2 Å². The summed E-state index contributed by atoms with van der Waals surface area (Å²) in [5, 5.41) is 0.235. The van der Waals surface area contributed by atoms with Crippen LogP contribution in [0.2, 0.25) is 5.02 Å². The smallest absolute Gasteiger partial charge is 0.442 e. The van der Waals surface area contributed by atoms with Gasteiger partial charge >= 0.3 is 22.0 Å². The second kappa shape index (κ2) is 9.66. The number of hydrogen-bond donors (Lipinski definition) is 1. The lowest BCUT2D eigenvalue weighted by atomic mass is 9.92. The van der Waals surface area contributed by atoms with E-state index in [0.717, 1.165) is 0 Å². The minimum Gasteiger partial charge on any atom is -0.497 e. The van der Waals surface area contributed by atoms with E-state index >= 15 is 0 Å². The first-order valence-corrected chi connectivity index (χ1v) is 13.0. The number of primary amides is 1. The largest absolute Gasteiger partial charge is 0.497 e. The van der Waals surface area contributed by atoms with Crippen LogP contribution < -0.4 is 23.8 Å². The number of aryl methyl sites for hydroxylation is 1. The average molecular weight is 547 g/mol. The highest BCUT2D eigenvalue weighted by Crippen LogP contribution is 2.52. The quantitative estimate of drug-likeness (QED) is 0.441. The molecule has 2 atom stereocenters. The molecule has 1 aromatic heterocycles. The molecule has 12 heteroatoms. The number of aromatic nitrogens is 1. The maximum absolute atomic E-state index is 14.3. The van der Waals surface area contributed by atoms with E-state index in [4.69, 9.17) is 31.5 Å². The van der Waals surface area contributed by atoms with Gasteiger partial charge in [0, 0.05) is 34.5 Å². The third-order valence-corrected chi connectivity index (χ3v) is 8.53. The SMILES string of the molecule is CCOc1ncc(C)cc1C1C(=O)[N+](C(N)=O)(S(=O)(=O)c2ccc(OC)cc2OC)c2ccc(Cl)cc21. The van der Waals surface area contributed by atoms with Crippen LogP contribution in [0, 0.1) is 6.92 Å². The summed E-state index contributed by atoms with van der Waals surface area (Å²) in [5.41, 5.74) is 6.83. The fourth-order valence-corrected chi connectivity index (χ4v) is 6.67. The van der Waals surface area contributed by atoms with Gasteiger partial charge in [-0.15, -0.1) is 0 Å². The van der Waals surface area contributed by atoms with Gasteiger partial charge in [-0.1, -0.05) is 11.6 Å². The lowest BCUT2D eigenvalue weighted by molar-refractivity contribution is -0.123. The van der Waals surface area contributed by atoms with Gasteiger partial charge in [-0.05, 0) is 53.6 Å². The Labute approximate surface area is 219 Å². The van der Waals surface area contributed by atoms with Crippen molar-refractivity contribution in [3.8, 4) is 17.4 Å². The van der Waals surface area contributed by atoms with Crippen molar-refractivity contribution in [3.63, 3.8) is 0 Å². The standard InChI is InChI=1S/C25H24ClN3O7S/c1-5-36-23-18(10-14(2)13-28-23)22-17-11-15(26)6-8-19(17)29(24(22)30,25(27)31)37(32,33)21-9-7-16(34-3)12-20(21)35-4/h6-13,22H,5H2,1-4H3,(H-,27,31)/p+1. The molecule has 2 N–H and O–H groups in total. The molecule has 0 saturated heterocycles. The molecule has 2 unspecified atom stereocenters. The number of hydrogen-bond acceptors (Lipinski definition) is 8. The zero-order chi connectivity index (χ0) is 27.1. The number of methoxy groups -OCH3 is 2. The van der Waals surface area contributed by atoms with Gasteiger partial charge in [-0.2, -0.15) is 8.42 Å². The lowest BCUT2D eigenvalue weighted by Gasteiger charge is -2.27. The van der Waals surface area contributed by atoms with Crippen LogP contribution in [-0.2, 0) is 14.8 Å². The summed E-state index contributed by atoms with van der Waals surface area (Å²) in [5.74, 6) is -1.98. The number of nitrogens with zero attached hydrogens (tertiary/aromatic N) is 2. The minimum absolute atomic E-state index is 0.126. The number of nitrogens with two attached hydrogens (primary N) is 1. The molecule has 4 rings (SSSR count). The number of amides is 3. The van der Waals surface area contributed by atoms with E-state index in [1.807, 2.05) is 0 Å². The first kappa shape index (κ1) is 26.4. The Morgan fingerprint density at radius 1 is 1.11 bits per heavy atom. The van der Waals surface area contributed by atoms with Crippen LogP contribution in [0.25, 0.3) is 0 Å². The van der Waals surface area contributed by atoms with E-state index in [9.17, 15) is 18.0 Å². The van der Waals surface area contributed by atoms with Crippen LogP contribution in [-0.4, -0.2) is 46.2 Å². The number of fused-ring (bicyclic) bond motifs is 1. The van der Waals surface area contributed by atoms with Crippen LogP contribution in [0.5, 0.6) is 17.4 Å². The summed E-state index contributed by atoms with van der Waals surface area (Å²) in [6.45, 7) is 3.75. The number of pyridine rings is 1. The van der Waals surface area contributed by atoms with E-state index in [0.29, 0.717) is 11.3 Å². The van der Waals surface area contributed by atoms with Gasteiger partial charge in [0.25, 0.3) is 0 Å². The minimum atomic E-state index is -4.89. The summed E-state index contributed by atoms with van der Waals surface area (Å²) < 4.78 is 43.0. The summed E-state index contributed by atoms with van der Waals surface area (Å²) >= 11 is 6.28. The van der Waals surface area contributed by atoms with Crippen molar-refractivity contribution >= 4 is 39.2 Å². The molecule has 0 bridgehead atoms. The Bertz CT molecular complexity index is 1530. The zero-order valence-electron chi connectivity index (χ0n) is 20.5.